The van der Waals surface area contributed by atoms with E-state index < -0.39 is 11.6 Å². The zero-order valence-electron chi connectivity index (χ0n) is 29.3. The Bertz CT molecular complexity index is 2160. The summed E-state index contributed by atoms with van der Waals surface area (Å²) in [4.78, 5) is 38.1. The van der Waals surface area contributed by atoms with Gasteiger partial charge >= 0.3 is 6.03 Å². The lowest BCUT2D eigenvalue weighted by molar-refractivity contribution is -0.119. The van der Waals surface area contributed by atoms with Crippen LogP contribution in [-0.2, 0) is 36.5 Å². The zero-order valence-corrected chi connectivity index (χ0v) is 30.8. The van der Waals surface area contributed by atoms with Gasteiger partial charge in [0.05, 0.1) is 29.5 Å². The van der Waals surface area contributed by atoms with Crippen molar-refractivity contribution in [3.63, 3.8) is 0 Å². The van der Waals surface area contributed by atoms with Gasteiger partial charge in [-0.3, -0.25) is 14.9 Å². The number of aromatic nitrogens is 3. The van der Waals surface area contributed by atoms with Crippen molar-refractivity contribution in [2.45, 2.75) is 59.4 Å². The van der Waals surface area contributed by atoms with Crippen LogP contribution in [-0.4, -0.2) is 37.9 Å². The molecule has 0 atom stereocenters. The van der Waals surface area contributed by atoms with Crippen molar-refractivity contribution in [2.24, 2.45) is 5.73 Å². The molecule has 0 aliphatic carbocycles. The number of phenols is 1. The van der Waals surface area contributed by atoms with E-state index in [1.165, 1.54) is 6.07 Å². The molecule has 52 heavy (non-hydrogen) atoms. The van der Waals surface area contributed by atoms with Crippen molar-refractivity contribution >= 4 is 41.0 Å². The van der Waals surface area contributed by atoms with Crippen LogP contribution >= 0.6 is 23.2 Å². The van der Waals surface area contributed by atoms with Crippen LogP contribution in [0.2, 0.25) is 10.0 Å². The SMILES string of the molecule is Cc1cc(OCc2ccccc2CNC(=O)Nc2cc(C(C)(C)C)nn2-c2ccc(O)c(Cl)c2)c(Cl)c(=O)n1Cc1cccc(CNC(=O)CN)c1. The molecular weight excluding hydrogens is 705 g/mol. The molecule has 5 rings (SSSR count). The first kappa shape index (κ1) is 37.9. The number of nitrogens with zero attached hydrogens (tertiary/aromatic N) is 3. The molecule has 3 aromatic carbocycles. The number of aryl methyl sites for hydroxylation is 1. The van der Waals surface area contributed by atoms with E-state index in [1.54, 1.807) is 40.4 Å². The maximum absolute atomic E-state index is 13.4. The number of ether oxygens (including phenoxy) is 1. The minimum atomic E-state index is -0.463. The maximum atomic E-state index is 13.4. The maximum Gasteiger partial charge on any atom is 0.320 e. The van der Waals surface area contributed by atoms with Crippen LogP contribution in [0.3, 0.4) is 0 Å². The molecule has 14 heteroatoms. The van der Waals surface area contributed by atoms with Crippen molar-refractivity contribution in [3.8, 4) is 17.2 Å². The molecule has 5 aromatic rings. The second-order valence-corrected chi connectivity index (χ2v) is 14.0. The minimum Gasteiger partial charge on any atom is -0.506 e. The van der Waals surface area contributed by atoms with Crippen molar-refractivity contribution in [1.82, 2.24) is 25.0 Å². The molecule has 2 heterocycles. The molecule has 0 saturated carbocycles. The summed E-state index contributed by atoms with van der Waals surface area (Å²) < 4.78 is 9.20. The van der Waals surface area contributed by atoms with E-state index >= 15 is 0 Å². The molecule has 3 amide bonds. The average Bonchev–Trinajstić information content (AvgIpc) is 3.55. The molecule has 0 radical (unpaired) electrons. The Morgan fingerprint density at radius 1 is 0.923 bits per heavy atom. The fourth-order valence-electron chi connectivity index (χ4n) is 5.33. The lowest BCUT2D eigenvalue weighted by atomic mass is 9.92. The highest BCUT2D eigenvalue weighted by atomic mass is 35.5. The van der Waals surface area contributed by atoms with Crippen LogP contribution < -0.4 is 32.0 Å². The average molecular weight is 747 g/mol. The second kappa shape index (κ2) is 16.4. The topological polar surface area (TPSA) is 166 Å². The summed E-state index contributed by atoms with van der Waals surface area (Å²) in [7, 11) is 0. The third-order valence-electron chi connectivity index (χ3n) is 8.26. The second-order valence-electron chi connectivity index (χ2n) is 13.2. The number of halogens is 2. The summed E-state index contributed by atoms with van der Waals surface area (Å²) in [6.45, 7) is 8.65. The summed E-state index contributed by atoms with van der Waals surface area (Å²) in [6.07, 6.45) is 0. The number of hydrogen-bond donors (Lipinski definition) is 5. The van der Waals surface area contributed by atoms with E-state index in [0.717, 1.165) is 27.9 Å². The van der Waals surface area contributed by atoms with Gasteiger partial charge in [0.15, 0.2) is 0 Å². The molecule has 0 saturated heterocycles. The number of nitrogens with one attached hydrogen (secondary N) is 3. The number of aromatic hydroxyl groups is 1. The summed E-state index contributed by atoms with van der Waals surface area (Å²) in [6, 6.07) is 22.8. The first-order chi connectivity index (χ1) is 24.7. The predicted octanol–water partition coefficient (Wildman–Crippen LogP) is 6.18. The highest BCUT2D eigenvalue weighted by Gasteiger charge is 2.22. The van der Waals surface area contributed by atoms with Gasteiger partial charge in [-0.2, -0.15) is 5.10 Å². The number of benzene rings is 3. The smallest absolute Gasteiger partial charge is 0.320 e. The first-order valence-corrected chi connectivity index (χ1v) is 17.3. The monoisotopic (exact) mass is 745 g/mol. The van der Waals surface area contributed by atoms with E-state index in [2.05, 4.69) is 16.0 Å². The van der Waals surface area contributed by atoms with Gasteiger partial charge in [0.1, 0.15) is 28.9 Å². The van der Waals surface area contributed by atoms with Gasteiger partial charge in [-0.25, -0.2) is 9.48 Å². The normalized spacial score (nSPS) is 11.3. The molecule has 0 aliphatic rings. The predicted molar refractivity (Wildman–Crippen MR) is 202 cm³/mol. The number of pyridine rings is 1. The Hall–Kier alpha value is -5.30. The van der Waals surface area contributed by atoms with E-state index in [4.69, 9.17) is 38.8 Å². The van der Waals surface area contributed by atoms with Crippen LogP contribution in [0.5, 0.6) is 11.5 Å². The van der Waals surface area contributed by atoms with Crippen molar-refractivity contribution in [1.29, 1.82) is 0 Å². The lowest BCUT2D eigenvalue weighted by Gasteiger charge is -2.16. The number of phenolic OH excluding ortho intramolecular Hbond substituents is 1. The van der Waals surface area contributed by atoms with Gasteiger partial charge in [-0.1, -0.05) is 92.5 Å². The summed E-state index contributed by atoms with van der Waals surface area (Å²) >= 11 is 12.7. The molecule has 0 bridgehead atoms. The standard InChI is InChI=1S/C38H41Cl2N7O5/c1-23-14-31(35(40)36(50)46(23)21-25-9-7-8-24(15-25)19-42-34(49)18-41)52-22-27-11-6-5-10-26(27)20-43-37(51)44-33-17-32(38(2,3)4)45-47(33)28-12-13-30(48)29(39)16-28/h5-17,48H,18-22,41H2,1-4H3,(H,42,49)(H2,43,44,51). The lowest BCUT2D eigenvalue weighted by Crippen LogP contribution is -2.29. The third kappa shape index (κ3) is 9.32. The molecule has 0 spiro atoms. The molecule has 0 aliphatic heterocycles. The molecular formula is C38H41Cl2N7O5. The minimum absolute atomic E-state index is 0.0481. The molecule has 2 aromatic heterocycles. The number of urea groups is 1. The number of amides is 3. The van der Waals surface area contributed by atoms with Crippen LogP contribution in [0.15, 0.2) is 83.7 Å². The molecule has 272 valence electrons. The molecule has 6 N–H and O–H groups in total. The Balaban J connectivity index is 1.25. The van der Waals surface area contributed by atoms with Crippen LogP contribution in [0.1, 0.15) is 54.4 Å². The van der Waals surface area contributed by atoms with E-state index in [-0.39, 0.29) is 59.1 Å². The van der Waals surface area contributed by atoms with Gasteiger partial charge in [-0.15, -0.1) is 0 Å². The van der Waals surface area contributed by atoms with Crippen molar-refractivity contribution in [3.05, 3.63) is 133 Å². The number of hydrogen-bond acceptors (Lipinski definition) is 7. The summed E-state index contributed by atoms with van der Waals surface area (Å²) in [5.41, 5.74) is 9.98. The van der Waals surface area contributed by atoms with E-state index in [0.29, 0.717) is 23.7 Å². The number of anilines is 1. The van der Waals surface area contributed by atoms with Crippen LogP contribution in [0.4, 0.5) is 10.6 Å². The fourth-order valence-corrected chi connectivity index (χ4v) is 5.72. The summed E-state index contributed by atoms with van der Waals surface area (Å²) in [5, 5.41) is 23.2. The highest BCUT2D eigenvalue weighted by molar-refractivity contribution is 6.32. The largest absolute Gasteiger partial charge is 0.506 e. The Labute approximate surface area is 311 Å². The van der Waals surface area contributed by atoms with Crippen molar-refractivity contribution in [2.75, 3.05) is 11.9 Å². The third-order valence-corrected chi connectivity index (χ3v) is 8.91. The quantitative estimate of drug-likeness (QED) is 0.102. The number of carbonyl (C=O) groups excluding carboxylic acids is 2. The summed E-state index contributed by atoms with van der Waals surface area (Å²) in [5.74, 6) is 0.356. The fraction of sp³-hybridized carbons (Fsp3) is 0.263. The molecule has 0 unspecified atom stereocenters. The van der Waals surface area contributed by atoms with Gasteiger partial charge in [0, 0.05) is 36.3 Å². The molecule has 0 fully saturated rings. The first-order valence-electron chi connectivity index (χ1n) is 16.5. The number of nitrogens with two attached hydrogens (primary N) is 1. The van der Waals surface area contributed by atoms with Gasteiger partial charge in [0.25, 0.3) is 5.56 Å². The molecule has 12 nitrogen and oxygen atoms in total. The van der Waals surface area contributed by atoms with E-state index in [9.17, 15) is 19.5 Å². The Morgan fingerprint density at radius 2 is 1.65 bits per heavy atom. The van der Waals surface area contributed by atoms with Crippen LogP contribution in [0, 0.1) is 6.92 Å². The Kier molecular flexibility index (Phi) is 11.9. The van der Waals surface area contributed by atoms with Gasteiger partial charge in [0.2, 0.25) is 5.91 Å². The van der Waals surface area contributed by atoms with Crippen LogP contribution in [0.25, 0.3) is 5.69 Å². The number of carbonyl (C=O) groups is 2. The highest BCUT2D eigenvalue weighted by Crippen LogP contribution is 2.30. The van der Waals surface area contributed by atoms with Crippen molar-refractivity contribution < 1.29 is 19.4 Å². The van der Waals surface area contributed by atoms with Gasteiger partial charge in [-0.05, 0) is 47.4 Å². The van der Waals surface area contributed by atoms with Gasteiger partial charge < -0.3 is 30.8 Å². The van der Waals surface area contributed by atoms with E-state index in [1.807, 2.05) is 69.3 Å². The number of rotatable bonds is 12. The Morgan fingerprint density at radius 3 is 2.37 bits per heavy atom. The zero-order chi connectivity index (χ0) is 37.6.